The smallest absolute Gasteiger partial charge is 0.248 e. The first-order chi connectivity index (χ1) is 13.2. The lowest BCUT2D eigenvalue weighted by Gasteiger charge is -2.34. The van der Waals surface area contributed by atoms with Gasteiger partial charge in [-0.25, -0.2) is 0 Å². The number of piperazine rings is 1. The predicted molar refractivity (Wildman–Crippen MR) is 106 cm³/mol. The summed E-state index contributed by atoms with van der Waals surface area (Å²) in [4.78, 5) is 16.6. The van der Waals surface area contributed by atoms with E-state index >= 15 is 0 Å². The zero-order valence-electron chi connectivity index (χ0n) is 16.0. The van der Waals surface area contributed by atoms with Crippen LogP contribution in [0.2, 0.25) is 0 Å². The van der Waals surface area contributed by atoms with Gasteiger partial charge in [-0.15, -0.1) is 0 Å². The Morgan fingerprint density at radius 3 is 2.30 bits per heavy atom. The second-order valence-corrected chi connectivity index (χ2v) is 6.71. The van der Waals surface area contributed by atoms with E-state index < -0.39 is 0 Å². The molecule has 0 unspecified atom stereocenters. The van der Waals surface area contributed by atoms with Crippen molar-refractivity contribution < 1.29 is 14.3 Å². The molecule has 0 bridgehead atoms. The van der Waals surface area contributed by atoms with Crippen LogP contribution in [0.25, 0.3) is 0 Å². The lowest BCUT2D eigenvalue weighted by molar-refractivity contribution is -0.138. The molecule has 0 atom stereocenters. The van der Waals surface area contributed by atoms with Gasteiger partial charge in [0.1, 0.15) is 12.4 Å². The Balaban J connectivity index is 1.37. The molecule has 0 aromatic heterocycles. The van der Waals surface area contributed by atoms with E-state index in [4.69, 9.17) is 9.47 Å². The van der Waals surface area contributed by atoms with Gasteiger partial charge >= 0.3 is 0 Å². The monoisotopic (exact) mass is 368 g/mol. The quantitative estimate of drug-likeness (QED) is 0.718. The van der Waals surface area contributed by atoms with Crippen molar-refractivity contribution in [2.24, 2.45) is 0 Å². The van der Waals surface area contributed by atoms with E-state index in [1.165, 1.54) is 5.56 Å². The molecule has 1 fully saturated rings. The van der Waals surface area contributed by atoms with Gasteiger partial charge in [-0.1, -0.05) is 42.5 Å². The van der Waals surface area contributed by atoms with Crippen molar-refractivity contribution in [1.82, 2.24) is 9.80 Å². The normalized spacial score (nSPS) is 14.9. The largest absolute Gasteiger partial charge is 0.494 e. The molecule has 144 valence electrons. The Bertz CT molecular complexity index is 695. The summed E-state index contributed by atoms with van der Waals surface area (Å²) in [6, 6.07) is 18.2. The van der Waals surface area contributed by atoms with Crippen molar-refractivity contribution >= 4 is 5.91 Å². The predicted octanol–water partition coefficient (Wildman–Crippen LogP) is 2.95. The number of carbonyl (C=O) groups excluding carboxylic acids is 1. The zero-order chi connectivity index (χ0) is 18.9. The van der Waals surface area contributed by atoms with Gasteiger partial charge in [0.2, 0.25) is 5.91 Å². The van der Waals surface area contributed by atoms with E-state index in [1.54, 1.807) is 0 Å². The molecule has 27 heavy (non-hydrogen) atoms. The number of hydrogen-bond acceptors (Lipinski definition) is 4. The van der Waals surface area contributed by atoms with Crippen molar-refractivity contribution in [2.45, 2.75) is 20.1 Å². The number of amides is 1. The number of hydrogen-bond donors (Lipinski definition) is 0. The Labute approximate surface area is 161 Å². The second-order valence-electron chi connectivity index (χ2n) is 6.71. The third kappa shape index (κ3) is 6.08. The number of rotatable bonds is 8. The van der Waals surface area contributed by atoms with Crippen LogP contribution in [-0.4, -0.2) is 55.1 Å². The minimum absolute atomic E-state index is 0.0756. The van der Waals surface area contributed by atoms with Gasteiger partial charge in [-0.05, 0) is 30.2 Å². The fraction of sp³-hybridized carbons (Fsp3) is 0.409. The molecule has 1 aliphatic rings. The van der Waals surface area contributed by atoms with Gasteiger partial charge in [-0.3, -0.25) is 9.69 Å². The lowest BCUT2D eigenvalue weighted by Crippen LogP contribution is -2.49. The molecule has 0 saturated carbocycles. The number of ether oxygens (including phenoxy) is 2. The molecule has 1 aliphatic heterocycles. The fourth-order valence-electron chi connectivity index (χ4n) is 3.19. The summed E-state index contributed by atoms with van der Waals surface area (Å²) < 4.78 is 11.1. The maximum Gasteiger partial charge on any atom is 0.248 e. The molecule has 1 amide bonds. The molecule has 0 spiro atoms. The van der Waals surface area contributed by atoms with Crippen LogP contribution < -0.4 is 4.74 Å². The van der Waals surface area contributed by atoms with E-state index in [1.807, 2.05) is 54.3 Å². The van der Waals surface area contributed by atoms with Crippen LogP contribution in [0.5, 0.6) is 5.75 Å². The molecular weight excluding hydrogens is 340 g/mol. The second kappa shape index (κ2) is 10.1. The number of nitrogens with zero attached hydrogens (tertiary/aromatic N) is 2. The molecule has 2 aromatic rings. The summed E-state index contributed by atoms with van der Waals surface area (Å²) in [5.74, 6) is 0.985. The summed E-state index contributed by atoms with van der Waals surface area (Å²) in [5.41, 5.74) is 2.36. The van der Waals surface area contributed by atoms with E-state index in [0.717, 1.165) is 44.0 Å². The van der Waals surface area contributed by atoms with E-state index in [9.17, 15) is 4.79 Å². The Hall–Kier alpha value is -2.37. The lowest BCUT2D eigenvalue weighted by atomic mass is 10.2. The molecule has 5 nitrogen and oxygen atoms in total. The molecule has 1 heterocycles. The topological polar surface area (TPSA) is 42.0 Å². The van der Waals surface area contributed by atoms with Gasteiger partial charge in [0.25, 0.3) is 0 Å². The third-order valence-corrected chi connectivity index (χ3v) is 4.70. The first-order valence-electron chi connectivity index (χ1n) is 9.58. The van der Waals surface area contributed by atoms with Crippen molar-refractivity contribution in [3.8, 4) is 5.75 Å². The summed E-state index contributed by atoms with van der Waals surface area (Å²) in [5, 5.41) is 0. The Morgan fingerprint density at radius 2 is 1.63 bits per heavy atom. The molecule has 2 aromatic carbocycles. The zero-order valence-corrected chi connectivity index (χ0v) is 16.0. The van der Waals surface area contributed by atoms with Gasteiger partial charge in [0, 0.05) is 32.7 Å². The third-order valence-electron chi connectivity index (χ3n) is 4.70. The number of carbonyl (C=O) groups is 1. The first kappa shape index (κ1) is 19.4. The van der Waals surface area contributed by atoms with Crippen LogP contribution in [0.1, 0.15) is 18.1 Å². The van der Waals surface area contributed by atoms with E-state index in [0.29, 0.717) is 13.2 Å². The van der Waals surface area contributed by atoms with Crippen LogP contribution in [0, 0.1) is 0 Å². The average Bonchev–Trinajstić information content (AvgIpc) is 2.71. The van der Waals surface area contributed by atoms with Crippen LogP contribution >= 0.6 is 0 Å². The number of benzene rings is 2. The fourth-order valence-corrected chi connectivity index (χ4v) is 3.19. The molecular formula is C22H28N2O3. The summed E-state index contributed by atoms with van der Waals surface area (Å²) in [6.07, 6.45) is 0. The summed E-state index contributed by atoms with van der Waals surface area (Å²) in [7, 11) is 0. The highest BCUT2D eigenvalue weighted by Gasteiger charge is 2.21. The van der Waals surface area contributed by atoms with Crippen molar-refractivity contribution in [1.29, 1.82) is 0 Å². The van der Waals surface area contributed by atoms with E-state index in [-0.39, 0.29) is 12.5 Å². The maximum atomic E-state index is 12.3. The molecule has 0 aliphatic carbocycles. The van der Waals surface area contributed by atoms with Crippen LogP contribution in [0.3, 0.4) is 0 Å². The van der Waals surface area contributed by atoms with Crippen LogP contribution in [0.15, 0.2) is 54.6 Å². The van der Waals surface area contributed by atoms with Gasteiger partial charge in [0.15, 0.2) is 0 Å². The highest BCUT2D eigenvalue weighted by Crippen LogP contribution is 2.15. The Kier molecular flexibility index (Phi) is 7.25. The van der Waals surface area contributed by atoms with E-state index in [2.05, 4.69) is 17.0 Å². The average molecular weight is 368 g/mol. The maximum absolute atomic E-state index is 12.3. The highest BCUT2D eigenvalue weighted by atomic mass is 16.5. The summed E-state index contributed by atoms with van der Waals surface area (Å²) in [6.45, 7) is 7.48. The van der Waals surface area contributed by atoms with Crippen LogP contribution in [-0.2, 0) is 22.7 Å². The van der Waals surface area contributed by atoms with Crippen molar-refractivity contribution in [3.63, 3.8) is 0 Å². The minimum atomic E-state index is 0.0756. The SMILES string of the molecule is CCOc1ccc(CN2CCN(C(=O)COCc3ccccc3)CC2)cc1. The van der Waals surface area contributed by atoms with Crippen molar-refractivity contribution in [3.05, 3.63) is 65.7 Å². The summed E-state index contributed by atoms with van der Waals surface area (Å²) >= 11 is 0. The van der Waals surface area contributed by atoms with Crippen molar-refractivity contribution in [2.75, 3.05) is 39.4 Å². The van der Waals surface area contributed by atoms with Gasteiger partial charge < -0.3 is 14.4 Å². The van der Waals surface area contributed by atoms with Gasteiger partial charge in [-0.2, -0.15) is 0 Å². The minimum Gasteiger partial charge on any atom is -0.494 e. The highest BCUT2D eigenvalue weighted by molar-refractivity contribution is 5.77. The first-order valence-corrected chi connectivity index (χ1v) is 9.58. The van der Waals surface area contributed by atoms with Crippen LogP contribution in [0.4, 0.5) is 0 Å². The molecule has 0 radical (unpaired) electrons. The van der Waals surface area contributed by atoms with Gasteiger partial charge in [0.05, 0.1) is 13.2 Å². The standard InChI is InChI=1S/C22H28N2O3/c1-2-27-21-10-8-19(9-11-21)16-23-12-14-24(15-13-23)22(25)18-26-17-20-6-4-3-5-7-20/h3-11H,2,12-18H2,1H3. The Morgan fingerprint density at radius 1 is 0.926 bits per heavy atom. The molecule has 0 N–H and O–H groups in total. The molecule has 1 saturated heterocycles. The molecule has 5 heteroatoms. The molecule has 3 rings (SSSR count).